The van der Waals surface area contributed by atoms with Crippen LogP contribution in [-0.2, 0) is 12.6 Å². The molecule has 122 valence electrons. The molecule has 0 aliphatic rings. The Kier molecular flexibility index (Phi) is 4.22. The van der Waals surface area contributed by atoms with Crippen molar-refractivity contribution in [1.82, 2.24) is 10.2 Å². The van der Waals surface area contributed by atoms with Crippen molar-refractivity contribution in [3.05, 3.63) is 62.3 Å². The van der Waals surface area contributed by atoms with Crippen molar-refractivity contribution in [2.75, 3.05) is 0 Å². The van der Waals surface area contributed by atoms with E-state index < -0.39 is 34.6 Å². The van der Waals surface area contributed by atoms with Crippen molar-refractivity contribution in [1.29, 1.82) is 0 Å². The number of benzene rings is 1. The van der Waals surface area contributed by atoms with Crippen LogP contribution in [0.3, 0.4) is 0 Å². The number of halogens is 4. The third kappa shape index (κ3) is 3.38. The second-order valence-corrected chi connectivity index (χ2v) is 4.79. The van der Waals surface area contributed by atoms with E-state index in [0.29, 0.717) is 0 Å². The summed E-state index contributed by atoms with van der Waals surface area (Å²) < 4.78 is 51.9. The van der Waals surface area contributed by atoms with Crippen molar-refractivity contribution in [3.63, 3.8) is 0 Å². The van der Waals surface area contributed by atoms with Gasteiger partial charge in [0, 0.05) is 6.42 Å². The molecule has 0 aliphatic heterocycles. The van der Waals surface area contributed by atoms with Gasteiger partial charge in [0.05, 0.1) is 11.3 Å². The van der Waals surface area contributed by atoms with Crippen LogP contribution in [0.1, 0.15) is 32.7 Å². The van der Waals surface area contributed by atoms with Gasteiger partial charge < -0.3 is 5.11 Å². The fraction of sp³-hybridized carbons (Fsp3) is 0.214. The normalized spacial score (nSPS) is 11.5. The van der Waals surface area contributed by atoms with Gasteiger partial charge in [-0.05, 0) is 30.2 Å². The standard InChI is InChI=1S/C14H10F4N2O3/c1-6-10(19-20-12(21)11(6)14(16,17)18)5-7-2-3-9(15)8(4-7)13(22)23/h2-4H,5H2,1H3,(H,20,21)(H,22,23). The van der Waals surface area contributed by atoms with Crippen LogP contribution in [0.5, 0.6) is 0 Å². The maximum atomic E-state index is 13.3. The Labute approximate surface area is 126 Å². The molecule has 0 saturated carbocycles. The smallest absolute Gasteiger partial charge is 0.422 e. The van der Waals surface area contributed by atoms with Crippen LogP contribution in [0.2, 0.25) is 0 Å². The summed E-state index contributed by atoms with van der Waals surface area (Å²) in [7, 11) is 0. The fourth-order valence-electron chi connectivity index (χ4n) is 2.13. The molecule has 1 aromatic carbocycles. The molecule has 0 unspecified atom stereocenters. The lowest BCUT2D eigenvalue weighted by molar-refractivity contribution is -0.139. The lowest BCUT2D eigenvalue weighted by Gasteiger charge is -2.12. The fourth-order valence-corrected chi connectivity index (χ4v) is 2.13. The SMILES string of the molecule is Cc1c(Cc2ccc(F)c(C(=O)O)c2)n[nH]c(=O)c1C(F)(F)F. The number of nitrogens with zero attached hydrogens (tertiary/aromatic N) is 1. The number of carboxylic acid groups (broad SMARTS) is 1. The summed E-state index contributed by atoms with van der Waals surface area (Å²) in [5.74, 6) is -2.45. The van der Waals surface area contributed by atoms with Gasteiger partial charge in [0.2, 0.25) is 0 Å². The van der Waals surface area contributed by atoms with Crippen LogP contribution < -0.4 is 5.56 Å². The molecule has 0 spiro atoms. The number of carbonyl (C=O) groups is 1. The largest absolute Gasteiger partial charge is 0.478 e. The van der Waals surface area contributed by atoms with Crippen LogP contribution in [0.25, 0.3) is 0 Å². The zero-order valence-electron chi connectivity index (χ0n) is 11.7. The Morgan fingerprint density at radius 2 is 2.00 bits per heavy atom. The first-order chi connectivity index (χ1) is 10.6. The molecule has 2 aromatic rings. The average molecular weight is 330 g/mol. The lowest BCUT2D eigenvalue weighted by atomic mass is 10.0. The predicted octanol–water partition coefficient (Wildman–Crippen LogP) is 2.53. The number of aromatic nitrogens is 2. The topological polar surface area (TPSA) is 83.0 Å². The molecule has 0 amide bonds. The number of hydrogen-bond acceptors (Lipinski definition) is 3. The van der Waals surface area contributed by atoms with Gasteiger partial charge in [0.25, 0.3) is 5.56 Å². The van der Waals surface area contributed by atoms with Crippen LogP contribution >= 0.6 is 0 Å². The maximum absolute atomic E-state index is 13.3. The highest BCUT2D eigenvalue weighted by Crippen LogP contribution is 2.30. The van der Waals surface area contributed by atoms with Gasteiger partial charge in [0.15, 0.2) is 0 Å². The lowest BCUT2D eigenvalue weighted by Crippen LogP contribution is -2.26. The molecule has 1 heterocycles. The molecule has 1 aromatic heterocycles. The van der Waals surface area contributed by atoms with Crippen molar-refractivity contribution in [2.45, 2.75) is 19.5 Å². The first-order valence-corrected chi connectivity index (χ1v) is 6.28. The Bertz CT molecular complexity index is 828. The molecule has 23 heavy (non-hydrogen) atoms. The number of aromatic carboxylic acids is 1. The van der Waals surface area contributed by atoms with Crippen LogP contribution in [0.15, 0.2) is 23.0 Å². The van der Waals surface area contributed by atoms with Crippen molar-refractivity contribution < 1.29 is 27.5 Å². The van der Waals surface area contributed by atoms with Crippen molar-refractivity contribution in [2.24, 2.45) is 0 Å². The predicted molar refractivity (Wildman–Crippen MR) is 70.8 cm³/mol. The van der Waals surface area contributed by atoms with E-state index in [9.17, 15) is 27.2 Å². The quantitative estimate of drug-likeness (QED) is 0.847. The Morgan fingerprint density at radius 1 is 1.35 bits per heavy atom. The van der Waals surface area contributed by atoms with E-state index in [1.165, 1.54) is 6.07 Å². The zero-order chi connectivity index (χ0) is 17.4. The molecule has 0 radical (unpaired) electrons. The molecule has 0 atom stereocenters. The van der Waals surface area contributed by atoms with E-state index in [0.717, 1.165) is 19.1 Å². The van der Waals surface area contributed by atoms with Crippen LogP contribution in [0.4, 0.5) is 17.6 Å². The molecule has 2 N–H and O–H groups in total. The van der Waals surface area contributed by atoms with E-state index in [1.807, 2.05) is 0 Å². The Morgan fingerprint density at radius 3 is 2.57 bits per heavy atom. The van der Waals surface area contributed by atoms with E-state index >= 15 is 0 Å². The minimum Gasteiger partial charge on any atom is -0.478 e. The summed E-state index contributed by atoms with van der Waals surface area (Å²) >= 11 is 0. The second kappa shape index (κ2) is 5.82. The number of H-pyrrole nitrogens is 1. The zero-order valence-corrected chi connectivity index (χ0v) is 11.7. The minimum absolute atomic E-state index is 0.0835. The summed E-state index contributed by atoms with van der Waals surface area (Å²) in [6, 6.07) is 3.16. The highest BCUT2D eigenvalue weighted by Gasteiger charge is 2.37. The highest BCUT2D eigenvalue weighted by atomic mass is 19.4. The number of aromatic amines is 1. The molecule has 0 saturated heterocycles. The van der Waals surface area contributed by atoms with Crippen molar-refractivity contribution >= 4 is 5.97 Å². The number of nitrogens with one attached hydrogen (secondary N) is 1. The number of rotatable bonds is 3. The van der Waals surface area contributed by atoms with Gasteiger partial charge in [-0.15, -0.1) is 0 Å². The molecular formula is C14H10F4N2O3. The Hall–Kier alpha value is -2.71. The van der Waals surface area contributed by atoms with E-state index in [-0.39, 0.29) is 23.2 Å². The average Bonchev–Trinajstić information content (AvgIpc) is 2.42. The van der Waals surface area contributed by atoms with Gasteiger partial charge in [-0.25, -0.2) is 14.3 Å². The van der Waals surface area contributed by atoms with Gasteiger partial charge >= 0.3 is 12.1 Å². The molecule has 0 fully saturated rings. The Balaban J connectivity index is 2.48. The third-order valence-electron chi connectivity index (χ3n) is 3.24. The van der Waals surface area contributed by atoms with Crippen molar-refractivity contribution in [3.8, 4) is 0 Å². The third-order valence-corrected chi connectivity index (χ3v) is 3.24. The molecule has 0 aliphatic carbocycles. The van der Waals surface area contributed by atoms with Crippen LogP contribution in [-0.4, -0.2) is 21.3 Å². The van der Waals surface area contributed by atoms with E-state index in [1.54, 1.807) is 5.10 Å². The van der Waals surface area contributed by atoms with Gasteiger partial charge in [-0.3, -0.25) is 4.79 Å². The van der Waals surface area contributed by atoms with E-state index in [4.69, 9.17) is 5.11 Å². The molecule has 9 heteroatoms. The van der Waals surface area contributed by atoms with Gasteiger partial charge in [0.1, 0.15) is 11.4 Å². The summed E-state index contributed by atoms with van der Waals surface area (Å²) in [5.41, 5.74) is -3.50. The molecular weight excluding hydrogens is 320 g/mol. The maximum Gasteiger partial charge on any atom is 0.422 e. The number of alkyl halides is 3. The summed E-state index contributed by atoms with van der Waals surface area (Å²) in [6.07, 6.45) is -5.03. The monoisotopic (exact) mass is 330 g/mol. The summed E-state index contributed by atoms with van der Waals surface area (Å²) in [4.78, 5) is 22.2. The molecule has 2 rings (SSSR count). The minimum atomic E-state index is -4.84. The van der Waals surface area contributed by atoms with E-state index in [2.05, 4.69) is 5.10 Å². The number of hydrogen-bond donors (Lipinski definition) is 2. The van der Waals surface area contributed by atoms with Gasteiger partial charge in [-0.1, -0.05) is 6.07 Å². The summed E-state index contributed by atoms with van der Waals surface area (Å²) in [5, 5.41) is 14.2. The van der Waals surface area contributed by atoms with Crippen LogP contribution in [0, 0.1) is 12.7 Å². The first-order valence-electron chi connectivity index (χ1n) is 6.28. The van der Waals surface area contributed by atoms with Gasteiger partial charge in [-0.2, -0.15) is 18.3 Å². The summed E-state index contributed by atoms with van der Waals surface area (Å²) in [6.45, 7) is 1.10. The highest BCUT2D eigenvalue weighted by molar-refractivity contribution is 5.88. The number of carboxylic acids is 1. The first kappa shape index (κ1) is 16.7. The molecule has 0 bridgehead atoms. The second-order valence-electron chi connectivity index (χ2n) is 4.79. The molecule has 5 nitrogen and oxygen atoms in total.